The third kappa shape index (κ3) is 4.66. The predicted molar refractivity (Wildman–Crippen MR) is 114 cm³/mol. The minimum Gasteiger partial charge on any atom is -0.352 e. The topological polar surface area (TPSA) is 58.2 Å². The highest BCUT2D eigenvalue weighted by atomic mass is 19.1. The van der Waals surface area contributed by atoms with Crippen LogP contribution in [0.25, 0.3) is 0 Å². The van der Waals surface area contributed by atoms with Crippen molar-refractivity contribution in [3.63, 3.8) is 0 Å². The van der Waals surface area contributed by atoms with E-state index in [1.54, 1.807) is 24.3 Å². The fourth-order valence-corrected chi connectivity index (χ4v) is 4.00. The second-order valence-electron chi connectivity index (χ2n) is 8.39. The molecule has 154 valence electrons. The molecule has 2 aromatic rings. The molecule has 0 aromatic heterocycles. The Balaban J connectivity index is 1.79. The first-order valence-corrected chi connectivity index (χ1v) is 10.3. The number of carbonyl (C=O) groups is 2. The molecule has 4 nitrogen and oxygen atoms in total. The van der Waals surface area contributed by atoms with Gasteiger partial charge in [0, 0.05) is 17.8 Å². The van der Waals surface area contributed by atoms with Gasteiger partial charge in [-0.2, -0.15) is 0 Å². The lowest BCUT2D eigenvalue weighted by atomic mass is 9.78. The molecule has 1 saturated carbocycles. The van der Waals surface area contributed by atoms with E-state index in [4.69, 9.17) is 0 Å². The number of hydrogen-bond donors (Lipinski definition) is 2. The van der Waals surface area contributed by atoms with E-state index in [1.807, 2.05) is 26.8 Å². The van der Waals surface area contributed by atoms with E-state index in [-0.39, 0.29) is 17.6 Å². The summed E-state index contributed by atoms with van der Waals surface area (Å²) in [4.78, 5) is 25.6. The second kappa shape index (κ2) is 8.76. The Bertz CT molecular complexity index is 902. The van der Waals surface area contributed by atoms with Gasteiger partial charge in [-0.15, -0.1) is 0 Å². The third-order valence-electron chi connectivity index (χ3n) is 5.68. The number of anilines is 1. The number of benzene rings is 2. The van der Waals surface area contributed by atoms with E-state index in [2.05, 4.69) is 10.6 Å². The normalized spacial score (nSPS) is 15.3. The first-order chi connectivity index (χ1) is 13.8. The average molecular weight is 397 g/mol. The molecule has 0 spiro atoms. The van der Waals surface area contributed by atoms with Crippen LogP contribution in [0.2, 0.25) is 0 Å². The molecule has 0 unspecified atom stereocenters. The van der Waals surface area contributed by atoms with Crippen molar-refractivity contribution >= 4 is 17.5 Å². The average Bonchev–Trinajstić information content (AvgIpc) is 3.19. The SMILES string of the molecule is Cc1cc(C(=O)NCC(C)C)ccc1NC(=O)C1(c2cccc(F)c2)CCCC1. The summed E-state index contributed by atoms with van der Waals surface area (Å²) in [6.07, 6.45) is 3.30. The van der Waals surface area contributed by atoms with Crippen molar-refractivity contribution in [1.82, 2.24) is 5.32 Å². The molecule has 2 N–H and O–H groups in total. The van der Waals surface area contributed by atoms with Gasteiger partial charge in [-0.05, 0) is 67.1 Å². The highest BCUT2D eigenvalue weighted by Crippen LogP contribution is 2.42. The first-order valence-electron chi connectivity index (χ1n) is 10.3. The van der Waals surface area contributed by atoms with Crippen LogP contribution in [0.15, 0.2) is 42.5 Å². The Morgan fingerprint density at radius 2 is 1.83 bits per heavy atom. The number of carbonyl (C=O) groups excluding carboxylic acids is 2. The molecule has 0 heterocycles. The van der Waals surface area contributed by atoms with Crippen molar-refractivity contribution in [2.24, 2.45) is 5.92 Å². The fourth-order valence-electron chi connectivity index (χ4n) is 4.00. The summed E-state index contributed by atoms with van der Waals surface area (Å²) < 4.78 is 13.8. The molecule has 0 atom stereocenters. The van der Waals surface area contributed by atoms with Gasteiger partial charge >= 0.3 is 0 Å². The summed E-state index contributed by atoms with van der Waals surface area (Å²) in [5.74, 6) is -0.175. The maximum atomic E-state index is 13.8. The van der Waals surface area contributed by atoms with E-state index in [1.165, 1.54) is 12.1 Å². The summed E-state index contributed by atoms with van der Waals surface area (Å²) in [6, 6.07) is 11.6. The fraction of sp³-hybridized carbons (Fsp3) is 0.417. The van der Waals surface area contributed by atoms with Gasteiger partial charge in [0.15, 0.2) is 0 Å². The van der Waals surface area contributed by atoms with Gasteiger partial charge in [-0.1, -0.05) is 38.8 Å². The van der Waals surface area contributed by atoms with Crippen LogP contribution in [-0.2, 0) is 10.2 Å². The zero-order valence-electron chi connectivity index (χ0n) is 17.3. The summed E-state index contributed by atoms with van der Waals surface area (Å²) in [6.45, 7) is 6.58. The summed E-state index contributed by atoms with van der Waals surface area (Å²) in [7, 11) is 0. The lowest BCUT2D eigenvalue weighted by Crippen LogP contribution is -2.38. The van der Waals surface area contributed by atoms with Crippen LogP contribution in [0.5, 0.6) is 0 Å². The van der Waals surface area contributed by atoms with Crippen LogP contribution in [0.3, 0.4) is 0 Å². The van der Waals surface area contributed by atoms with Crippen molar-refractivity contribution < 1.29 is 14.0 Å². The number of hydrogen-bond acceptors (Lipinski definition) is 2. The number of rotatable bonds is 6. The van der Waals surface area contributed by atoms with Gasteiger partial charge in [0.1, 0.15) is 5.82 Å². The highest BCUT2D eigenvalue weighted by molar-refractivity contribution is 6.01. The van der Waals surface area contributed by atoms with E-state index in [9.17, 15) is 14.0 Å². The first kappa shape index (κ1) is 21.0. The maximum absolute atomic E-state index is 13.8. The number of aryl methyl sites for hydroxylation is 1. The zero-order chi connectivity index (χ0) is 21.0. The number of halogens is 1. The van der Waals surface area contributed by atoms with Crippen molar-refractivity contribution in [2.45, 2.75) is 51.9 Å². The molecule has 2 amide bonds. The van der Waals surface area contributed by atoms with Gasteiger partial charge in [0.2, 0.25) is 5.91 Å². The molecular weight excluding hydrogens is 367 g/mol. The van der Waals surface area contributed by atoms with Crippen LogP contribution < -0.4 is 10.6 Å². The summed E-state index contributed by atoms with van der Waals surface area (Å²) >= 11 is 0. The zero-order valence-corrected chi connectivity index (χ0v) is 17.3. The highest BCUT2D eigenvalue weighted by Gasteiger charge is 2.43. The van der Waals surface area contributed by atoms with Crippen LogP contribution in [-0.4, -0.2) is 18.4 Å². The van der Waals surface area contributed by atoms with E-state index >= 15 is 0 Å². The largest absolute Gasteiger partial charge is 0.352 e. The Hall–Kier alpha value is -2.69. The number of amides is 2. The monoisotopic (exact) mass is 396 g/mol. The van der Waals surface area contributed by atoms with Crippen LogP contribution in [0.1, 0.15) is 61.0 Å². The van der Waals surface area contributed by atoms with E-state index < -0.39 is 5.41 Å². The summed E-state index contributed by atoms with van der Waals surface area (Å²) in [5, 5.41) is 5.94. The molecule has 1 fully saturated rings. The smallest absolute Gasteiger partial charge is 0.251 e. The molecule has 3 rings (SSSR count). The molecule has 2 aromatic carbocycles. The standard InChI is InChI=1S/C24H29FN2O2/c1-16(2)15-26-22(28)18-9-10-21(17(3)13-18)27-23(29)24(11-4-5-12-24)19-7-6-8-20(25)14-19/h6-10,13-14,16H,4-5,11-12,15H2,1-3H3,(H,26,28)(H,27,29). The lowest BCUT2D eigenvalue weighted by molar-refractivity contribution is -0.121. The van der Waals surface area contributed by atoms with Crippen molar-refractivity contribution in [3.8, 4) is 0 Å². The van der Waals surface area contributed by atoms with Gasteiger partial charge in [-0.25, -0.2) is 4.39 Å². The molecule has 1 aliphatic rings. The third-order valence-corrected chi connectivity index (χ3v) is 5.68. The van der Waals surface area contributed by atoms with Gasteiger partial charge in [0.05, 0.1) is 5.41 Å². The quantitative estimate of drug-likeness (QED) is 0.724. The minimum absolute atomic E-state index is 0.110. The van der Waals surface area contributed by atoms with Crippen molar-refractivity contribution in [2.75, 3.05) is 11.9 Å². The van der Waals surface area contributed by atoms with Gasteiger partial charge < -0.3 is 10.6 Å². The molecule has 0 aliphatic heterocycles. The minimum atomic E-state index is -0.706. The van der Waals surface area contributed by atoms with Crippen molar-refractivity contribution in [3.05, 3.63) is 65.0 Å². The molecule has 1 aliphatic carbocycles. The van der Waals surface area contributed by atoms with Gasteiger partial charge in [-0.3, -0.25) is 9.59 Å². The molecular formula is C24H29FN2O2. The molecule has 0 bridgehead atoms. The van der Waals surface area contributed by atoms with Crippen LogP contribution in [0.4, 0.5) is 10.1 Å². The second-order valence-corrected chi connectivity index (χ2v) is 8.39. The lowest BCUT2D eigenvalue weighted by Gasteiger charge is -2.28. The van der Waals surface area contributed by atoms with Gasteiger partial charge in [0.25, 0.3) is 5.91 Å². The van der Waals surface area contributed by atoms with Crippen molar-refractivity contribution in [1.29, 1.82) is 0 Å². The Kier molecular flexibility index (Phi) is 6.36. The molecule has 29 heavy (non-hydrogen) atoms. The van der Waals surface area contributed by atoms with E-state index in [0.717, 1.165) is 24.0 Å². The maximum Gasteiger partial charge on any atom is 0.251 e. The Labute approximate surface area is 171 Å². The summed E-state index contributed by atoms with van der Waals surface area (Å²) in [5.41, 5.74) is 2.10. The van der Waals surface area contributed by atoms with Crippen LogP contribution >= 0.6 is 0 Å². The van der Waals surface area contributed by atoms with E-state index in [0.29, 0.717) is 36.6 Å². The number of nitrogens with one attached hydrogen (secondary N) is 2. The molecule has 0 saturated heterocycles. The Morgan fingerprint density at radius 3 is 2.45 bits per heavy atom. The molecule has 0 radical (unpaired) electrons. The van der Waals surface area contributed by atoms with Crippen LogP contribution in [0, 0.1) is 18.7 Å². The Morgan fingerprint density at radius 1 is 1.10 bits per heavy atom. The predicted octanol–water partition coefficient (Wildman–Crippen LogP) is 4.97. The molecule has 5 heteroatoms.